The van der Waals surface area contributed by atoms with Crippen molar-refractivity contribution in [2.45, 2.75) is 19.3 Å². The van der Waals surface area contributed by atoms with E-state index in [0.717, 1.165) is 23.1 Å². The fraction of sp³-hybridized carbons (Fsp3) is 0.417. The first-order valence-electron chi connectivity index (χ1n) is 5.43. The highest BCUT2D eigenvalue weighted by Gasteiger charge is 2.33. The fourth-order valence-electron chi connectivity index (χ4n) is 1.91. The lowest BCUT2D eigenvalue weighted by Crippen LogP contribution is -2.32. The summed E-state index contributed by atoms with van der Waals surface area (Å²) in [6, 6.07) is 1.98. The molecule has 0 N–H and O–H groups in total. The lowest BCUT2D eigenvalue weighted by molar-refractivity contribution is 0.102. The third-order valence-electron chi connectivity index (χ3n) is 3.14. The second-order valence-electron chi connectivity index (χ2n) is 4.46. The molecule has 0 bridgehead atoms. The first-order chi connectivity index (χ1) is 7.77. The average Bonchev–Trinajstić information content (AvgIpc) is 2.72. The van der Waals surface area contributed by atoms with Crippen molar-refractivity contribution in [1.29, 1.82) is 0 Å². The van der Waals surface area contributed by atoms with Crippen LogP contribution in [0.3, 0.4) is 0 Å². The maximum atomic E-state index is 5.78. The maximum absolute atomic E-state index is 5.78. The number of aromatic nitrogens is 2. The topological polar surface area (TPSA) is 35.0 Å². The van der Waals surface area contributed by atoms with E-state index >= 15 is 0 Å². The Morgan fingerprint density at radius 3 is 3.06 bits per heavy atom. The Balaban J connectivity index is 1.81. The van der Waals surface area contributed by atoms with E-state index in [-0.39, 0.29) is 5.41 Å². The molecule has 1 saturated carbocycles. The van der Waals surface area contributed by atoms with Crippen molar-refractivity contribution in [2.75, 3.05) is 6.61 Å². The van der Waals surface area contributed by atoms with Crippen molar-refractivity contribution in [2.24, 2.45) is 5.41 Å². The smallest absolute Gasteiger partial charge is 0.234 e. The van der Waals surface area contributed by atoms with Gasteiger partial charge in [0.15, 0.2) is 0 Å². The van der Waals surface area contributed by atoms with Gasteiger partial charge >= 0.3 is 0 Å². The predicted octanol–water partition coefficient (Wildman–Crippen LogP) is 3.07. The summed E-state index contributed by atoms with van der Waals surface area (Å²) < 4.78 is 6.81. The van der Waals surface area contributed by atoms with Crippen LogP contribution in [-0.2, 0) is 0 Å². The minimum atomic E-state index is 0.120. The molecular formula is C12H13N2OS. The van der Waals surface area contributed by atoms with Gasteiger partial charge in [-0.3, -0.25) is 0 Å². The van der Waals surface area contributed by atoms with Gasteiger partial charge in [-0.2, -0.15) is 0 Å². The van der Waals surface area contributed by atoms with Crippen molar-refractivity contribution in [3.63, 3.8) is 0 Å². The second-order valence-corrected chi connectivity index (χ2v) is 5.37. The van der Waals surface area contributed by atoms with Gasteiger partial charge in [0.2, 0.25) is 5.88 Å². The molecule has 0 unspecified atom stereocenters. The van der Waals surface area contributed by atoms with Gasteiger partial charge in [0.05, 0.1) is 12.1 Å². The van der Waals surface area contributed by atoms with Gasteiger partial charge in [-0.1, -0.05) is 6.42 Å². The van der Waals surface area contributed by atoms with E-state index in [1.165, 1.54) is 6.42 Å². The van der Waals surface area contributed by atoms with Crippen LogP contribution in [0.15, 0.2) is 17.8 Å². The summed E-state index contributed by atoms with van der Waals surface area (Å²) in [4.78, 5) is 8.37. The second kappa shape index (κ2) is 3.70. The van der Waals surface area contributed by atoms with Gasteiger partial charge in [-0.25, -0.2) is 9.97 Å². The summed E-state index contributed by atoms with van der Waals surface area (Å²) in [5, 5.41) is 2.01. The highest BCUT2D eigenvalue weighted by Crippen LogP contribution is 2.40. The molecule has 1 fully saturated rings. The highest BCUT2D eigenvalue weighted by atomic mass is 32.1. The summed E-state index contributed by atoms with van der Waals surface area (Å²) in [7, 11) is 0. The van der Waals surface area contributed by atoms with E-state index in [2.05, 4.69) is 16.9 Å². The third-order valence-corrected chi connectivity index (χ3v) is 4.03. The fourth-order valence-corrected chi connectivity index (χ4v) is 2.70. The zero-order valence-electron chi connectivity index (χ0n) is 8.98. The molecule has 0 saturated heterocycles. The molecule has 2 heterocycles. The predicted molar refractivity (Wildman–Crippen MR) is 64.6 cm³/mol. The first-order valence-corrected chi connectivity index (χ1v) is 6.31. The number of thiophene rings is 1. The number of fused-ring (bicyclic) bond motifs is 1. The largest absolute Gasteiger partial charge is 0.476 e. The average molecular weight is 233 g/mol. The van der Waals surface area contributed by atoms with E-state index < -0.39 is 0 Å². The van der Waals surface area contributed by atoms with E-state index in [1.54, 1.807) is 17.7 Å². The van der Waals surface area contributed by atoms with Gasteiger partial charge in [-0.15, -0.1) is 11.3 Å². The van der Waals surface area contributed by atoms with E-state index in [4.69, 9.17) is 4.74 Å². The number of hydrogen-bond donors (Lipinski definition) is 0. The monoisotopic (exact) mass is 233 g/mol. The number of nitrogens with zero attached hydrogens (tertiary/aromatic N) is 2. The molecule has 0 aromatic carbocycles. The lowest BCUT2D eigenvalue weighted by Gasteiger charge is -2.37. The molecule has 1 aliphatic carbocycles. The zero-order valence-corrected chi connectivity index (χ0v) is 9.80. The van der Waals surface area contributed by atoms with Crippen molar-refractivity contribution < 1.29 is 4.74 Å². The molecule has 0 spiro atoms. The molecule has 16 heavy (non-hydrogen) atoms. The molecular weight excluding hydrogens is 220 g/mol. The molecule has 83 valence electrons. The summed E-state index contributed by atoms with van der Waals surface area (Å²) >= 11 is 1.62. The molecule has 2 aromatic heterocycles. The van der Waals surface area contributed by atoms with Gasteiger partial charge in [0.25, 0.3) is 0 Å². The molecule has 3 rings (SSSR count). The minimum Gasteiger partial charge on any atom is -0.476 e. The Hall–Kier alpha value is -1.16. The number of ether oxygens (including phenoxy) is 1. The maximum Gasteiger partial charge on any atom is 0.234 e. The molecule has 4 heteroatoms. The summed E-state index contributed by atoms with van der Waals surface area (Å²) in [5.41, 5.74) is 1.08. The zero-order chi connectivity index (χ0) is 11.0. The Morgan fingerprint density at radius 1 is 1.44 bits per heavy atom. The number of rotatable bonds is 3. The van der Waals surface area contributed by atoms with Crippen LogP contribution in [0.2, 0.25) is 0 Å². The van der Waals surface area contributed by atoms with Gasteiger partial charge < -0.3 is 4.74 Å². The van der Waals surface area contributed by atoms with Crippen LogP contribution in [-0.4, -0.2) is 16.6 Å². The third kappa shape index (κ3) is 1.67. The Labute approximate surface area is 98.5 Å². The molecule has 0 atom stereocenters. The van der Waals surface area contributed by atoms with Crippen LogP contribution in [0.25, 0.3) is 10.2 Å². The standard InChI is InChI=1S/C12H13N2OS/c1-12(4-2-5-12)7-15-11-10-9(3-6-16-10)13-8-14-11/h3,6,8H,1-2,4-5,7H2. The Morgan fingerprint density at radius 2 is 2.31 bits per heavy atom. The molecule has 0 aliphatic heterocycles. The summed E-state index contributed by atoms with van der Waals surface area (Å²) in [6.45, 7) is 4.86. The van der Waals surface area contributed by atoms with Crippen molar-refractivity contribution in [3.8, 4) is 5.88 Å². The highest BCUT2D eigenvalue weighted by molar-refractivity contribution is 7.17. The van der Waals surface area contributed by atoms with E-state index in [1.807, 2.05) is 11.4 Å². The molecule has 0 amide bonds. The van der Waals surface area contributed by atoms with Gasteiger partial charge in [0.1, 0.15) is 11.0 Å². The molecule has 1 radical (unpaired) electrons. The van der Waals surface area contributed by atoms with Gasteiger partial charge in [0, 0.05) is 5.41 Å². The van der Waals surface area contributed by atoms with Crippen LogP contribution in [0, 0.1) is 12.3 Å². The Bertz CT molecular complexity index is 504. The van der Waals surface area contributed by atoms with Crippen LogP contribution in [0.5, 0.6) is 5.88 Å². The van der Waals surface area contributed by atoms with Crippen LogP contribution >= 0.6 is 11.3 Å². The quantitative estimate of drug-likeness (QED) is 0.817. The molecule has 1 aliphatic rings. The SMILES string of the molecule is [CH2]C1(COc2ncnc3ccsc23)CCC1. The van der Waals surface area contributed by atoms with Crippen molar-refractivity contribution in [3.05, 3.63) is 24.7 Å². The molecule has 2 aromatic rings. The number of hydrogen-bond acceptors (Lipinski definition) is 4. The summed E-state index contributed by atoms with van der Waals surface area (Å²) in [6.07, 6.45) is 5.14. The van der Waals surface area contributed by atoms with Gasteiger partial charge in [-0.05, 0) is 31.2 Å². The van der Waals surface area contributed by atoms with Crippen LogP contribution in [0.1, 0.15) is 19.3 Å². The van der Waals surface area contributed by atoms with Crippen LogP contribution < -0.4 is 4.74 Å². The van der Waals surface area contributed by atoms with E-state index in [9.17, 15) is 0 Å². The normalized spacial score (nSPS) is 18.3. The van der Waals surface area contributed by atoms with Crippen molar-refractivity contribution >= 4 is 21.6 Å². The van der Waals surface area contributed by atoms with Crippen molar-refractivity contribution in [1.82, 2.24) is 9.97 Å². The lowest BCUT2D eigenvalue weighted by atomic mass is 9.71. The molecule has 3 nitrogen and oxygen atoms in total. The summed E-state index contributed by atoms with van der Waals surface area (Å²) in [5.74, 6) is 0.704. The van der Waals surface area contributed by atoms with Crippen LogP contribution in [0.4, 0.5) is 0 Å². The minimum absolute atomic E-state index is 0.120. The van der Waals surface area contributed by atoms with E-state index in [0.29, 0.717) is 12.5 Å². The Kier molecular flexibility index (Phi) is 2.32. The first kappa shape index (κ1) is 10.0.